The maximum atomic E-state index is 13.1. The van der Waals surface area contributed by atoms with Crippen molar-refractivity contribution < 1.29 is 9.13 Å². The van der Waals surface area contributed by atoms with Gasteiger partial charge in [0.25, 0.3) is 0 Å². The molecular weight excluding hydrogens is 249 g/mol. The highest BCUT2D eigenvalue weighted by Gasteiger charge is 2.15. The summed E-state index contributed by atoms with van der Waals surface area (Å²) in [4.78, 5) is 0.174. The fourth-order valence-electron chi connectivity index (χ4n) is 2.38. The molecule has 4 heteroatoms. The highest BCUT2D eigenvalue weighted by atomic mass is 32.1. The summed E-state index contributed by atoms with van der Waals surface area (Å²) in [6.45, 7) is 0.668. The van der Waals surface area contributed by atoms with Crippen molar-refractivity contribution >= 4 is 17.2 Å². The van der Waals surface area contributed by atoms with Gasteiger partial charge < -0.3 is 10.5 Å². The van der Waals surface area contributed by atoms with E-state index in [2.05, 4.69) is 0 Å². The summed E-state index contributed by atoms with van der Waals surface area (Å²) in [5.41, 5.74) is 6.06. The Hall–Kier alpha value is -1.16. The van der Waals surface area contributed by atoms with E-state index in [9.17, 15) is 4.39 Å². The lowest BCUT2D eigenvalue weighted by Gasteiger charge is -2.22. The van der Waals surface area contributed by atoms with Crippen LogP contribution in [-0.4, -0.2) is 11.6 Å². The first-order valence-electron chi connectivity index (χ1n) is 6.39. The first-order valence-corrected chi connectivity index (χ1v) is 6.80. The second kappa shape index (κ2) is 6.14. The van der Waals surface area contributed by atoms with Gasteiger partial charge in [-0.1, -0.05) is 31.5 Å². The van der Waals surface area contributed by atoms with Crippen LogP contribution in [0.4, 0.5) is 4.39 Å². The van der Waals surface area contributed by atoms with Crippen molar-refractivity contribution in [2.45, 2.75) is 32.1 Å². The van der Waals surface area contributed by atoms with Gasteiger partial charge in [0.1, 0.15) is 16.6 Å². The SMILES string of the molecule is NC(=S)c1cc(F)ccc1OCC1CCCCC1. The molecule has 0 unspecified atom stereocenters. The molecule has 1 aromatic carbocycles. The average molecular weight is 267 g/mol. The molecule has 98 valence electrons. The molecule has 1 aliphatic rings. The Bertz CT molecular complexity index is 430. The second-order valence-corrected chi connectivity index (χ2v) is 5.26. The van der Waals surface area contributed by atoms with Gasteiger partial charge in [-0.05, 0) is 37.0 Å². The largest absolute Gasteiger partial charge is 0.493 e. The van der Waals surface area contributed by atoms with Crippen LogP contribution in [-0.2, 0) is 0 Å². The summed E-state index contributed by atoms with van der Waals surface area (Å²) in [6, 6.07) is 4.31. The predicted molar refractivity (Wildman–Crippen MR) is 74.4 cm³/mol. The Labute approximate surface area is 112 Å². The first-order chi connectivity index (χ1) is 8.66. The number of nitrogens with two attached hydrogens (primary N) is 1. The van der Waals surface area contributed by atoms with Crippen molar-refractivity contribution in [2.24, 2.45) is 11.7 Å². The maximum absolute atomic E-state index is 13.1. The quantitative estimate of drug-likeness (QED) is 0.849. The van der Waals surface area contributed by atoms with Gasteiger partial charge in [-0.3, -0.25) is 0 Å². The van der Waals surface area contributed by atoms with E-state index in [1.807, 2.05) is 0 Å². The van der Waals surface area contributed by atoms with Gasteiger partial charge in [-0.15, -0.1) is 0 Å². The summed E-state index contributed by atoms with van der Waals surface area (Å²) >= 11 is 4.91. The van der Waals surface area contributed by atoms with Crippen LogP contribution in [0.2, 0.25) is 0 Å². The monoisotopic (exact) mass is 267 g/mol. The summed E-state index contributed by atoms with van der Waals surface area (Å²) in [6.07, 6.45) is 6.30. The van der Waals surface area contributed by atoms with Crippen molar-refractivity contribution in [3.63, 3.8) is 0 Å². The highest BCUT2D eigenvalue weighted by Crippen LogP contribution is 2.26. The molecule has 0 amide bonds. The van der Waals surface area contributed by atoms with Crippen molar-refractivity contribution in [3.8, 4) is 5.75 Å². The molecule has 1 aromatic rings. The van der Waals surface area contributed by atoms with E-state index in [4.69, 9.17) is 22.7 Å². The van der Waals surface area contributed by atoms with Crippen LogP contribution in [0.25, 0.3) is 0 Å². The Morgan fingerprint density at radius 1 is 1.33 bits per heavy atom. The van der Waals surface area contributed by atoms with Gasteiger partial charge in [0.15, 0.2) is 0 Å². The van der Waals surface area contributed by atoms with E-state index < -0.39 is 0 Å². The Morgan fingerprint density at radius 2 is 2.06 bits per heavy atom. The van der Waals surface area contributed by atoms with Gasteiger partial charge in [0.2, 0.25) is 0 Å². The smallest absolute Gasteiger partial charge is 0.129 e. The molecule has 0 radical (unpaired) electrons. The molecule has 0 bridgehead atoms. The normalized spacial score (nSPS) is 16.5. The number of benzene rings is 1. The van der Waals surface area contributed by atoms with Crippen LogP contribution in [0.3, 0.4) is 0 Å². The molecule has 0 spiro atoms. The predicted octanol–water partition coefficient (Wildman–Crippen LogP) is 3.42. The summed E-state index contributed by atoms with van der Waals surface area (Å²) in [5, 5.41) is 0. The van der Waals surface area contributed by atoms with Gasteiger partial charge in [0, 0.05) is 0 Å². The molecule has 1 fully saturated rings. The standard InChI is InChI=1S/C14H18FNOS/c15-11-6-7-13(12(8-11)14(16)18)17-9-10-4-2-1-3-5-10/h6-8,10H,1-5,9H2,(H2,16,18). The molecule has 0 aliphatic heterocycles. The fourth-order valence-corrected chi connectivity index (χ4v) is 2.54. The lowest BCUT2D eigenvalue weighted by molar-refractivity contribution is 0.208. The minimum atomic E-state index is -0.345. The molecule has 18 heavy (non-hydrogen) atoms. The molecule has 2 rings (SSSR count). The van der Waals surface area contributed by atoms with Gasteiger partial charge in [0.05, 0.1) is 12.2 Å². The molecule has 1 saturated carbocycles. The third kappa shape index (κ3) is 3.42. The van der Waals surface area contributed by atoms with Crippen molar-refractivity contribution in [2.75, 3.05) is 6.61 Å². The van der Waals surface area contributed by atoms with Crippen LogP contribution >= 0.6 is 12.2 Å². The lowest BCUT2D eigenvalue weighted by Crippen LogP contribution is -2.18. The van der Waals surface area contributed by atoms with Crippen LogP contribution in [0.5, 0.6) is 5.75 Å². The van der Waals surface area contributed by atoms with E-state index in [0.29, 0.717) is 23.8 Å². The minimum absolute atomic E-state index is 0.174. The first kappa shape index (κ1) is 13.3. The minimum Gasteiger partial charge on any atom is -0.493 e. The fraction of sp³-hybridized carbons (Fsp3) is 0.500. The van der Waals surface area contributed by atoms with Crippen molar-refractivity contribution in [1.29, 1.82) is 0 Å². The topological polar surface area (TPSA) is 35.2 Å². The molecule has 0 aromatic heterocycles. The molecule has 2 nitrogen and oxygen atoms in total. The zero-order chi connectivity index (χ0) is 13.0. The number of rotatable bonds is 4. The lowest BCUT2D eigenvalue weighted by atomic mass is 9.90. The Morgan fingerprint density at radius 3 is 2.72 bits per heavy atom. The summed E-state index contributed by atoms with van der Waals surface area (Å²) in [5.74, 6) is 0.847. The van der Waals surface area contributed by atoms with Crippen LogP contribution in [0.1, 0.15) is 37.7 Å². The van der Waals surface area contributed by atoms with Crippen LogP contribution < -0.4 is 10.5 Å². The number of thiocarbonyl (C=S) groups is 1. The highest BCUT2D eigenvalue weighted by molar-refractivity contribution is 7.80. The Kier molecular flexibility index (Phi) is 4.53. The van der Waals surface area contributed by atoms with Crippen molar-refractivity contribution in [1.82, 2.24) is 0 Å². The molecule has 2 N–H and O–H groups in total. The van der Waals surface area contributed by atoms with E-state index in [0.717, 1.165) is 0 Å². The number of hydrogen-bond acceptors (Lipinski definition) is 2. The third-order valence-electron chi connectivity index (χ3n) is 3.41. The van der Waals surface area contributed by atoms with E-state index in [1.54, 1.807) is 6.07 Å². The molecular formula is C14H18FNOS. The summed E-state index contributed by atoms with van der Waals surface area (Å²) < 4.78 is 18.9. The maximum Gasteiger partial charge on any atom is 0.129 e. The number of hydrogen-bond donors (Lipinski definition) is 1. The van der Waals surface area contributed by atoms with Gasteiger partial charge in [-0.2, -0.15) is 0 Å². The zero-order valence-electron chi connectivity index (χ0n) is 10.3. The zero-order valence-corrected chi connectivity index (χ0v) is 11.1. The molecule has 1 aliphatic carbocycles. The Balaban J connectivity index is 2.01. The van der Waals surface area contributed by atoms with E-state index in [-0.39, 0.29) is 10.8 Å². The van der Waals surface area contributed by atoms with Crippen LogP contribution in [0.15, 0.2) is 18.2 Å². The third-order valence-corrected chi connectivity index (χ3v) is 3.63. The number of halogens is 1. The second-order valence-electron chi connectivity index (χ2n) is 4.82. The van der Waals surface area contributed by atoms with E-state index >= 15 is 0 Å². The number of ether oxygens (including phenoxy) is 1. The van der Waals surface area contributed by atoms with E-state index in [1.165, 1.54) is 44.2 Å². The van der Waals surface area contributed by atoms with Crippen LogP contribution in [0, 0.1) is 11.7 Å². The van der Waals surface area contributed by atoms with Gasteiger partial charge in [-0.25, -0.2) is 4.39 Å². The van der Waals surface area contributed by atoms with Gasteiger partial charge >= 0.3 is 0 Å². The molecule has 0 saturated heterocycles. The van der Waals surface area contributed by atoms with Crippen molar-refractivity contribution in [3.05, 3.63) is 29.6 Å². The summed E-state index contributed by atoms with van der Waals surface area (Å²) in [7, 11) is 0. The molecule has 0 heterocycles. The average Bonchev–Trinajstić information content (AvgIpc) is 2.38. The molecule has 0 atom stereocenters.